The molecule has 2 aromatic heterocycles. The summed E-state index contributed by atoms with van der Waals surface area (Å²) in [6.07, 6.45) is 2.92. The van der Waals surface area contributed by atoms with Crippen molar-refractivity contribution in [2.45, 2.75) is 4.90 Å². The van der Waals surface area contributed by atoms with Crippen LogP contribution in [0.1, 0.15) is 0 Å². The van der Waals surface area contributed by atoms with Gasteiger partial charge < -0.3 is 8.72 Å². The second-order valence-electron chi connectivity index (χ2n) is 4.82. The van der Waals surface area contributed by atoms with E-state index < -0.39 is 11.3 Å². The van der Waals surface area contributed by atoms with E-state index in [1.807, 2.05) is 24.3 Å². The van der Waals surface area contributed by atoms with Gasteiger partial charge in [0.1, 0.15) is 0 Å². The number of hydrogen-bond acceptors (Lipinski definition) is 7. The molecule has 0 spiro atoms. The van der Waals surface area contributed by atoms with Crippen molar-refractivity contribution in [2.24, 2.45) is 0 Å². The zero-order chi connectivity index (χ0) is 16.0. The van der Waals surface area contributed by atoms with E-state index in [1.54, 1.807) is 17.4 Å². The molecule has 0 saturated heterocycles. The second kappa shape index (κ2) is 5.10. The van der Waals surface area contributed by atoms with Crippen molar-refractivity contribution in [3.8, 4) is 17.3 Å². The van der Waals surface area contributed by atoms with Gasteiger partial charge in [-0.05, 0) is 30.1 Å². The SMILES string of the molecule is CN1Sc2ccccc2-c2oc(=O)n(-c3ncccn3)c(=O)c21. The molecule has 1 aliphatic rings. The highest BCUT2D eigenvalue weighted by atomic mass is 32.2. The van der Waals surface area contributed by atoms with Crippen molar-refractivity contribution in [3.63, 3.8) is 0 Å². The number of nitrogens with zero attached hydrogens (tertiary/aromatic N) is 4. The van der Waals surface area contributed by atoms with Gasteiger partial charge in [0.2, 0.25) is 5.95 Å². The summed E-state index contributed by atoms with van der Waals surface area (Å²) >= 11 is 1.40. The van der Waals surface area contributed by atoms with E-state index in [4.69, 9.17) is 4.42 Å². The molecule has 1 aliphatic heterocycles. The third-order valence-electron chi connectivity index (χ3n) is 3.43. The smallest absolute Gasteiger partial charge is 0.406 e. The van der Waals surface area contributed by atoms with Crippen molar-refractivity contribution in [1.29, 1.82) is 0 Å². The molecule has 0 amide bonds. The third-order valence-corrected chi connectivity index (χ3v) is 4.44. The first kappa shape index (κ1) is 13.8. The fraction of sp³-hybridized carbons (Fsp3) is 0.0667. The lowest BCUT2D eigenvalue weighted by Crippen LogP contribution is -2.36. The van der Waals surface area contributed by atoms with Crippen LogP contribution in [0.4, 0.5) is 5.69 Å². The molecule has 1 aromatic carbocycles. The first-order chi connectivity index (χ1) is 11.2. The van der Waals surface area contributed by atoms with Crippen LogP contribution in [-0.2, 0) is 0 Å². The topological polar surface area (TPSA) is 81.2 Å². The van der Waals surface area contributed by atoms with Crippen molar-refractivity contribution in [2.75, 3.05) is 11.4 Å². The predicted octanol–water partition coefficient (Wildman–Crippen LogP) is 1.70. The summed E-state index contributed by atoms with van der Waals surface area (Å²) in [6.45, 7) is 0. The molecule has 0 unspecified atom stereocenters. The Morgan fingerprint density at radius 1 is 1.09 bits per heavy atom. The van der Waals surface area contributed by atoms with E-state index in [-0.39, 0.29) is 11.7 Å². The molecule has 4 rings (SSSR count). The zero-order valence-electron chi connectivity index (χ0n) is 12.0. The van der Waals surface area contributed by atoms with Crippen LogP contribution in [0.15, 0.2) is 61.6 Å². The van der Waals surface area contributed by atoms with Crippen molar-refractivity contribution >= 4 is 17.6 Å². The number of fused-ring (bicyclic) bond motifs is 3. The lowest BCUT2D eigenvalue weighted by molar-refractivity contribution is 0.467. The fourth-order valence-corrected chi connectivity index (χ4v) is 3.38. The maximum Gasteiger partial charge on any atom is 0.429 e. The van der Waals surface area contributed by atoms with Crippen molar-refractivity contribution in [3.05, 3.63) is 63.6 Å². The minimum absolute atomic E-state index is 0.00805. The Kier molecular flexibility index (Phi) is 3.05. The molecule has 3 aromatic rings. The molecule has 23 heavy (non-hydrogen) atoms. The molecule has 114 valence electrons. The number of benzene rings is 1. The van der Waals surface area contributed by atoms with E-state index in [0.29, 0.717) is 5.69 Å². The zero-order valence-corrected chi connectivity index (χ0v) is 12.8. The Labute approximate surface area is 134 Å². The monoisotopic (exact) mass is 326 g/mol. The van der Waals surface area contributed by atoms with Crippen LogP contribution in [0.25, 0.3) is 17.3 Å². The van der Waals surface area contributed by atoms with Gasteiger partial charge >= 0.3 is 5.76 Å². The van der Waals surface area contributed by atoms with Crippen molar-refractivity contribution < 1.29 is 4.42 Å². The summed E-state index contributed by atoms with van der Waals surface area (Å²) in [5, 5.41) is 0. The molecule has 0 radical (unpaired) electrons. The lowest BCUT2D eigenvalue weighted by atomic mass is 10.1. The number of anilines is 1. The molecule has 0 atom stereocenters. The standard InChI is InChI=1S/C15H10N4O3S/c1-18-11-12(9-5-2-3-6-10(9)23-18)22-15(21)19(13(11)20)14-16-7-4-8-17-14/h2-8H,1H3. The Bertz CT molecular complexity index is 1010. The maximum atomic E-state index is 12.8. The number of aromatic nitrogens is 3. The van der Waals surface area contributed by atoms with Gasteiger partial charge in [0, 0.05) is 29.9 Å². The molecule has 0 fully saturated rings. The molecule has 7 nitrogen and oxygen atoms in total. The first-order valence-corrected chi connectivity index (χ1v) is 7.53. The van der Waals surface area contributed by atoms with Gasteiger partial charge in [-0.2, -0.15) is 4.57 Å². The average molecular weight is 326 g/mol. The molecular weight excluding hydrogens is 316 g/mol. The van der Waals surface area contributed by atoms with Gasteiger partial charge in [0.25, 0.3) is 5.56 Å². The summed E-state index contributed by atoms with van der Waals surface area (Å²) in [5.74, 6) is -0.551. The Balaban J connectivity index is 2.06. The van der Waals surface area contributed by atoms with Gasteiger partial charge in [-0.25, -0.2) is 14.8 Å². The largest absolute Gasteiger partial charge is 0.429 e. The highest BCUT2D eigenvalue weighted by molar-refractivity contribution is 8.00. The normalized spacial score (nSPS) is 12.7. The first-order valence-electron chi connectivity index (χ1n) is 6.75. The lowest BCUT2D eigenvalue weighted by Gasteiger charge is -2.25. The molecule has 0 aliphatic carbocycles. The fourth-order valence-electron chi connectivity index (χ4n) is 2.43. The predicted molar refractivity (Wildman–Crippen MR) is 85.9 cm³/mol. The van der Waals surface area contributed by atoms with Gasteiger partial charge in [-0.1, -0.05) is 12.1 Å². The van der Waals surface area contributed by atoms with Gasteiger partial charge in [0.15, 0.2) is 11.4 Å². The molecule has 0 N–H and O–H groups in total. The van der Waals surface area contributed by atoms with Crippen LogP contribution in [0.5, 0.6) is 0 Å². The summed E-state index contributed by atoms with van der Waals surface area (Å²) in [5.41, 5.74) is 0.508. The van der Waals surface area contributed by atoms with Gasteiger partial charge in [-0.3, -0.25) is 4.79 Å². The molecular formula is C15H10N4O3S. The highest BCUT2D eigenvalue weighted by Crippen LogP contribution is 2.42. The quantitative estimate of drug-likeness (QED) is 0.630. The minimum atomic E-state index is -0.810. The average Bonchev–Trinajstić information content (AvgIpc) is 2.55. The molecule has 0 bridgehead atoms. The molecule has 3 heterocycles. The summed E-state index contributed by atoms with van der Waals surface area (Å²) in [4.78, 5) is 34.0. The van der Waals surface area contributed by atoms with Gasteiger partial charge in [0.05, 0.1) is 0 Å². The molecule has 8 heteroatoms. The Morgan fingerprint density at radius 3 is 2.61 bits per heavy atom. The summed E-state index contributed by atoms with van der Waals surface area (Å²) < 4.78 is 7.96. The minimum Gasteiger partial charge on any atom is -0.406 e. The van der Waals surface area contributed by atoms with Crippen molar-refractivity contribution in [1.82, 2.24) is 14.5 Å². The number of hydrogen-bond donors (Lipinski definition) is 0. The van der Waals surface area contributed by atoms with Crippen LogP contribution in [-0.4, -0.2) is 21.6 Å². The summed E-state index contributed by atoms with van der Waals surface area (Å²) in [7, 11) is 1.75. The Morgan fingerprint density at radius 2 is 1.83 bits per heavy atom. The van der Waals surface area contributed by atoms with E-state index in [1.165, 1.54) is 24.3 Å². The van der Waals surface area contributed by atoms with E-state index in [9.17, 15) is 9.59 Å². The van der Waals surface area contributed by atoms with Crippen LogP contribution in [0.2, 0.25) is 0 Å². The van der Waals surface area contributed by atoms with E-state index in [2.05, 4.69) is 9.97 Å². The van der Waals surface area contributed by atoms with Crippen LogP contribution < -0.4 is 15.6 Å². The third kappa shape index (κ3) is 2.07. The highest BCUT2D eigenvalue weighted by Gasteiger charge is 2.29. The molecule has 0 saturated carbocycles. The van der Waals surface area contributed by atoms with Crippen LogP contribution >= 0.6 is 11.9 Å². The summed E-state index contributed by atoms with van der Waals surface area (Å²) in [6, 6.07) is 9.06. The number of rotatable bonds is 1. The van der Waals surface area contributed by atoms with E-state index in [0.717, 1.165) is 15.0 Å². The van der Waals surface area contributed by atoms with Crippen LogP contribution in [0, 0.1) is 0 Å². The van der Waals surface area contributed by atoms with Gasteiger partial charge in [-0.15, -0.1) is 0 Å². The Hall–Kier alpha value is -2.87. The van der Waals surface area contributed by atoms with E-state index >= 15 is 0 Å². The second-order valence-corrected chi connectivity index (χ2v) is 5.99. The van der Waals surface area contributed by atoms with Crippen LogP contribution in [0.3, 0.4) is 0 Å². The maximum absolute atomic E-state index is 12.8.